The van der Waals surface area contributed by atoms with Crippen LogP contribution in [0.1, 0.15) is 0 Å². The van der Waals surface area contributed by atoms with Gasteiger partial charge in [-0.25, -0.2) is 0 Å². The van der Waals surface area contributed by atoms with Crippen molar-refractivity contribution in [3.63, 3.8) is 0 Å². The van der Waals surface area contributed by atoms with Crippen LogP contribution in [0.5, 0.6) is 0 Å². The van der Waals surface area contributed by atoms with Crippen molar-refractivity contribution in [3.8, 4) is 22.5 Å². The molecule has 3 nitrogen and oxygen atoms in total. The minimum atomic E-state index is 0.366. The van der Waals surface area contributed by atoms with Gasteiger partial charge in [0.25, 0.3) is 0 Å². The van der Waals surface area contributed by atoms with Gasteiger partial charge in [0.1, 0.15) is 0 Å². The molecule has 0 unspecified atom stereocenters. The molecule has 0 aliphatic carbocycles. The van der Waals surface area contributed by atoms with Gasteiger partial charge in [-0.05, 0) is 42.0 Å². The second-order valence-corrected chi connectivity index (χ2v) is 5.64. The van der Waals surface area contributed by atoms with Crippen LogP contribution in [0.25, 0.3) is 22.5 Å². The van der Waals surface area contributed by atoms with Crippen molar-refractivity contribution in [2.24, 2.45) is 0 Å². The number of anilines is 1. The van der Waals surface area contributed by atoms with E-state index in [0.717, 1.165) is 21.2 Å². The molecule has 0 aliphatic rings. The summed E-state index contributed by atoms with van der Waals surface area (Å²) < 4.78 is 6.38. The smallest absolute Gasteiger partial charge is 0.176 e. The van der Waals surface area contributed by atoms with Crippen molar-refractivity contribution in [3.05, 3.63) is 58.0 Å². The minimum Gasteiger partial charge on any atom is -0.380 e. The van der Waals surface area contributed by atoms with Gasteiger partial charge in [0.2, 0.25) is 0 Å². The van der Waals surface area contributed by atoms with Crippen LogP contribution in [0, 0.1) is 0 Å². The molecule has 3 aromatic rings. The molecule has 0 amide bonds. The van der Waals surface area contributed by atoms with Crippen LogP contribution in [0.15, 0.2) is 57.5 Å². The summed E-state index contributed by atoms with van der Waals surface area (Å²) in [5.74, 6) is 1.02. The van der Waals surface area contributed by atoms with Gasteiger partial charge in [-0.15, -0.1) is 0 Å². The van der Waals surface area contributed by atoms with Gasteiger partial charge in [0.05, 0.1) is 5.56 Å². The van der Waals surface area contributed by atoms with Crippen molar-refractivity contribution < 1.29 is 4.52 Å². The van der Waals surface area contributed by atoms with Gasteiger partial charge < -0.3 is 10.3 Å². The van der Waals surface area contributed by atoms with Gasteiger partial charge in [-0.3, -0.25) is 0 Å². The summed E-state index contributed by atoms with van der Waals surface area (Å²) in [6.07, 6.45) is 0. The minimum absolute atomic E-state index is 0.366. The average molecular weight is 350 g/mol. The number of rotatable bonds is 2. The molecule has 0 spiro atoms. The Balaban J connectivity index is 2.14. The summed E-state index contributed by atoms with van der Waals surface area (Å²) in [4.78, 5) is 0. The number of nitrogen functional groups attached to an aromatic ring is 1. The average Bonchev–Trinajstić information content (AvgIpc) is 2.83. The Morgan fingerprint density at radius 2 is 1.55 bits per heavy atom. The topological polar surface area (TPSA) is 52.0 Å². The third-order valence-electron chi connectivity index (χ3n) is 2.96. The Labute approximate surface area is 129 Å². The lowest BCUT2D eigenvalue weighted by Gasteiger charge is -2.03. The van der Waals surface area contributed by atoms with Crippen LogP contribution in [0.3, 0.4) is 0 Å². The molecule has 0 bridgehead atoms. The number of nitrogens with zero attached hydrogens (tertiary/aromatic N) is 1. The molecule has 20 heavy (non-hydrogen) atoms. The van der Waals surface area contributed by atoms with E-state index in [1.54, 1.807) is 0 Å². The maximum atomic E-state index is 5.93. The summed E-state index contributed by atoms with van der Waals surface area (Å²) in [5.41, 5.74) is 8.55. The molecule has 0 fully saturated rings. The second kappa shape index (κ2) is 5.31. The molecular weight excluding hydrogens is 340 g/mol. The van der Waals surface area contributed by atoms with Crippen molar-refractivity contribution in [2.75, 3.05) is 5.73 Å². The summed E-state index contributed by atoms with van der Waals surface area (Å²) >= 11 is 9.32. The predicted molar refractivity (Wildman–Crippen MR) is 84.5 cm³/mol. The lowest BCUT2D eigenvalue weighted by atomic mass is 10.0. The molecule has 1 aromatic heterocycles. The Bertz CT molecular complexity index is 736. The van der Waals surface area contributed by atoms with E-state index in [1.807, 2.05) is 48.5 Å². The predicted octanol–water partition coefficient (Wildman–Crippen LogP) is 5.01. The molecule has 2 N–H and O–H groups in total. The first kappa shape index (κ1) is 13.2. The van der Waals surface area contributed by atoms with Crippen molar-refractivity contribution in [1.29, 1.82) is 0 Å². The molecule has 0 radical (unpaired) electrons. The summed E-state index contributed by atoms with van der Waals surface area (Å²) in [6.45, 7) is 0. The SMILES string of the molecule is Nc1noc(-c2ccc(Br)cc2)c1-c1ccc(Cl)cc1. The largest absolute Gasteiger partial charge is 0.380 e. The highest BCUT2D eigenvalue weighted by atomic mass is 79.9. The Morgan fingerprint density at radius 1 is 0.950 bits per heavy atom. The number of hydrogen-bond donors (Lipinski definition) is 1. The summed E-state index contributed by atoms with van der Waals surface area (Å²) in [7, 11) is 0. The quantitative estimate of drug-likeness (QED) is 0.708. The van der Waals surface area contributed by atoms with E-state index in [2.05, 4.69) is 21.1 Å². The maximum Gasteiger partial charge on any atom is 0.176 e. The third kappa shape index (κ3) is 2.44. The Hall–Kier alpha value is -1.78. The number of nitrogens with two attached hydrogens (primary N) is 1. The number of aromatic nitrogens is 1. The van der Waals surface area contributed by atoms with E-state index >= 15 is 0 Å². The lowest BCUT2D eigenvalue weighted by Crippen LogP contribution is -1.88. The fourth-order valence-corrected chi connectivity index (χ4v) is 2.39. The van der Waals surface area contributed by atoms with Gasteiger partial charge in [0.15, 0.2) is 11.6 Å². The highest BCUT2D eigenvalue weighted by molar-refractivity contribution is 9.10. The van der Waals surface area contributed by atoms with Crippen LogP contribution >= 0.6 is 27.5 Å². The summed E-state index contributed by atoms with van der Waals surface area (Å²) in [5, 5.41) is 4.55. The van der Waals surface area contributed by atoms with E-state index in [1.165, 1.54) is 0 Å². The van der Waals surface area contributed by atoms with Crippen LogP contribution in [0.4, 0.5) is 5.82 Å². The zero-order valence-electron chi connectivity index (χ0n) is 10.3. The fourth-order valence-electron chi connectivity index (χ4n) is 2.00. The number of halogens is 2. The second-order valence-electron chi connectivity index (χ2n) is 4.29. The van der Waals surface area contributed by atoms with E-state index < -0.39 is 0 Å². The molecular formula is C15H10BrClN2O. The lowest BCUT2D eigenvalue weighted by molar-refractivity contribution is 0.436. The first-order valence-corrected chi connectivity index (χ1v) is 7.09. The molecule has 0 saturated carbocycles. The fraction of sp³-hybridized carbons (Fsp3) is 0. The highest BCUT2D eigenvalue weighted by Crippen LogP contribution is 2.37. The van der Waals surface area contributed by atoms with Crippen LogP contribution in [0.2, 0.25) is 5.02 Å². The first-order chi connectivity index (χ1) is 9.65. The maximum absolute atomic E-state index is 5.93. The van der Waals surface area contributed by atoms with E-state index in [0.29, 0.717) is 16.6 Å². The van der Waals surface area contributed by atoms with E-state index in [4.69, 9.17) is 21.9 Å². The van der Waals surface area contributed by atoms with Crippen LogP contribution in [-0.4, -0.2) is 5.16 Å². The van der Waals surface area contributed by atoms with Crippen molar-refractivity contribution in [2.45, 2.75) is 0 Å². The van der Waals surface area contributed by atoms with E-state index in [-0.39, 0.29) is 0 Å². The zero-order valence-corrected chi connectivity index (χ0v) is 12.6. The number of benzene rings is 2. The zero-order chi connectivity index (χ0) is 14.1. The standard InChI is InChI=1S/C15H10BrClN2O/c16-11-5-1-10(2-6-11)14-13(15(18)19-20-14)9-3-7-12(17)8-4-9/h1-8H,(H2,18,19). The van der Waals surface area contributed by atoms with Crippen molar-refractivity contribution >= 4 is 33.3 Å². The molecule has 2 aromatic carbocycles. The highest BCUT2D eigenvalue weighted by Gasteiger charge is 2.17. The van der Waals surface area contributed by atoms with Gasteiger partial charge in [0, 0.05) is 15.1 Å². The molecule has 100 valence electrons. The Morgan fingerprint density at radius 3 is 2.20 bits per heavy atom. The molecule has 3 rings (SSSR count). The summed E-state index contributed by atoms with van der Waals surface area (Å²) in [6, 6.07) is 15.2. The first-order valence-electron chi connectivity index (χ1n) is 5.92. The number of hydrogen-bond acceptors (Lipinski definition) is 3. The van der Waals surface area contributed by atoms with Crippen LogP contribution < -0.4 is 5.73 Å². The van der Waals surface area contributed by atoms with E-state index in [9.17, 15) is 0 Å². The molecule has 0 aliphatic heterocycles. The van der Waals surface area contributed by atoms with Gasteiger partial charge in [-0.2, -0.15) is 0 Å². The molecule has 5 heteroatoms. The van der Waals surface area contributed by atoms with Crippen LogP contribution in [-0.2, 0) is 0 Å². The Kier molecular flexibility index (Phi) is 3.51. The van der Waals surface area contributed by atoms with Crippen molar-refractivity contribution in [1.82, 2.24) is 5.16 Å². The van der Waals surface area contributed by atoms with Gasteiger partial charge >= 0.3 is 0 Å². The molecule has 0 saturated heterocycles. The molecule has 0 atom stereocenters. The third-order valence-corrected chi connectivity index (χ3v) is 3.74. The molecule has 1 heterocycles. The monoisotopic (exact) mass is 348 g/mol. The normalized spacial score (nSPS) is 10.7. The van der Waals surface area contributed by atoms with Gasteiger partial charge in [-0.1, -0.05) is 44.8 Å².